The second kappa shape index (κ2) is 6.09. The summed E-state index contributed by atoms with van der Waals surface area (Å²) in [7, 11) is 0. The molecule has 0 saturated carbocycles. The van der Waals surface area contributed by atoms with E-state index < -0.39 is 6.10 Å². The van der Waals surface area contributed by atoms with E-state index in [2.05, 4.69) is 31.9 Å². The number of hydrogen-bond donors (Lipinski definition) is 1. The second-order valence-corrected chi connectivity index (χ2v) is 6.81. The van der Waals surface area contributed by atoms with Crippen molar-refractivity contribution in [1.82, 2.24) is 0 Å². The van der Waals surface area contributed by atoms with Crippen molar-refractivity contribution in [2.45, 2.75) is 6.10 Å². The standard InChI is InChI=1S/C17H11Br2ClO/c18-14-9-8-12(10-4-1-2-5-11(10)14)17(21)13-6-3-7-15(19)16(13)20/h1-9,17,21H. The summed E-state index contributed by atoms with van der Waals surface area (Å²) in [4.78, 5) is 0. The Balaban J connectivity index is 2.21. The number of aliphatic hydroxyl groups excluding tert-OH is 1. The first kappa shape index (κ1) is 15.0. The number of halogens is 3. The van der Waals surface area contributed by atoms with Gasteiger partial charge in [0.05, 0.1) is 5.02 Å². The minimum atomic E-state index is -0.770. The summed E-state index contributed by atoms with van der Waals surface area (Å²) in [6, 6.07) is 17.4. The third-order valence-electron chi connectivity index (χ3n) is 3.48. The average Bonchev–Trinajstić information content (AvgIpc) is 2.50. The highest BCUT2D eigenvalue weighted by Gasteiger charge is 2.18. The quantitative estimate of drug-likeness (QED) is 0.525. The lowest BCUT2D eigenvalue weighted by atomic mass is 9.96. The summed E-state index contributed by atoms with van der Waals surface area (Å²) in [5.41, 5.74) is 1.53. The molecule has 0 amide bonds. The van der Waals surface area contributed by atoms with Gasteiger partial charge < -0.3 is 5.11 Å². The fraction of sp³-hybridized carbons (Fsp3) is 0.0588. The molecule has 21 heavy (non-hydrogen) atoms. The molecule has 0 aromatic heterocycles. The van der Waals surface area contributed by atoms with Gasteiger partial charge in [0.1, 0.15) is 6.10 Å². The van der Waals surface area contributed by atoms with Crippen LogP contribution in [0.2, 0.25) is 5.02 Å². The van der Waals surface area contributed by atoms with Gasteiger partial charge in [0, 0.05) is 14.5 Å². The van der Waals surface area contributed by atoms with Crippen LogP contribution in [0, 0.1) is 0 Å². The molecule has 4 heteroatoms. The predicted molar refractivity (Wildman–Crippen MR) is 94.9 cm³/mol. The Hall–Kier alpha value is -0.870. The van der Waals surface area contributed by atoms with E-state index in [0.717, 1.165) is 25.3 Å². The molecule has 1 N–H and O–H groups in total. The van der Waals surface area contributed by atoms with Crippen molar-refractivity contribution >= 4 is 54.2 Å². The molecule has 1 atom stereocenters. The maximum absolute atomic E-state index is 10.8. The lowest BCUT2D eigenvalue weighted by Gasteiger charge is -2.17. The Kier molecular flexibility index (Phi) is 4.36. The SMILES string of the molecule is OC(c1cccc(Br)c1Cl)c1ccc(Br)c2ccccc12. The largest absolute Gasteiger partial charge is 0.384 e. The van der Waals surface area contributed by atoms with Crippen LogP contribution in [0.1, 0.15) is 17.2 Å². The van der Waals surface area contributed by atoms with Crippen LogP contribution in [-0.4, -0.2) is 5.11 Å². The topological polar surface area (TPSA) is 20.2 Å². The van der Waals surface area contributed by atoms with Gasteiger partial charge in [-0.3, -0.25) is 0 Å². The minimum Gasteiger partial charge on any atom is -0.384 e. The Morgan fingerprint density at radius 1 is 0.762 bits per heavy atom. The van der Waals surface area contributed by atoms with Gasteiger partial charge in [0.25, 0.3) is 0 Å². The van der Waals surface area contributed by atoms with Gasteiger partial charge in [-0.2, -0.15) is 0 Å². The average molecular weight is 427 g/mol. The lowest BCUT2D eigenvalue weighted by Crippen LogP contribution is -2.02. The molecule has 1 unspecified atom stereocenters. The van der Waals surface area contributed by atoms with Crippen LogP contribution in [0.5, 0.6) is 0 Å². The molecule has 0 saturated heterocycles. The van der Waals surface area contributed by atoms with E-state index in [1.807, 2.05) is 54.6 Å². The molecule has 1 nitrogen and oxygen atoms in total. The van der Waals surface area contributed by atoms with Crippen molar-refractivity contribution in [2.24, 2.45) is 0 Å². The molecule has 0 spiro atoms. The van der Waals surface area contributed by atoms with Crippen LogP contribution in [0.4, 0.5) is 0 Å². The van der Waals surface area contributed by atoms with E-state index >= 15 is 0 Å². The first-order valence-corrected chi connectivity index (χ1v) is 8.35. The van der Waals surface area contributed by atoms with E-state index in [4.69, 9.17) is 11.6 Å². The highest BCUT2D eigenvalue weighted by atomic mass is 79.9. The van der Waals surface area contributed by atoms with E-state index in [-0.39, 0.29) is 0 Å². The second-order valence-electron chi connectivity index (χ2n) is 4.73. The Morgan fingerprint density at radius 2 is 1.48 bits per heavy atom. The van der Waals surface area contributed by atoms with Crippen molar-refractivity contribution in [1.29, 1.82) is 0 Å². The van der Waals surface area contributed by atoms with Crippen LogP contribution in [0.25, 0.3) is 10.8 Å². The summed E-state index contributed by atoms with van der Waals surface area (Å²) in [6.07, 6.45) is -0.770. The number of benzene rings is 3. The van der Waals surface area contributed by atoms with Crippen molar-refractivity contribution in [2.75, 3.05) is 0 Å². The Bertz CT molecular complexity index is 817. The van der Waals surface area contributed by atoms with Gasteiger partial charge in [0.15, 0.2) is 0 Å². The van der Waals surface area contributed by atoms with Crippen LogP contribution in [0.3, 0.4) is 0 Å². The Morgan fingerprint density at radius 3 is 2.24 bits per heavy atom. The fourth-order valence-electron chi connectivity index (χ4n) is 2.42. The molecule has 0 aliphatic carbocycles. The molecule has 0 radical (unpaired) electrons. The smallest absolute Gasteiger partial charge is 0.106 e. The van der Waals surface area contributed by atoms with Crippen LogP contribution >= 0.6 is 43.5 Å². The molecule has 0 bridgehead atoms. The normalized spacial score (nSPS) is 12.6. The fourth-order valence-corrected chi connectivity index (χ4v) is 3.51. The Labute approximate surface area is 144 Å². The maximum Gasteiger partial charge on any atom is 0.106 e. The van der Waals surface area contributed by atoms with Crippen LogP contribution in [-0.2, 0) is 0 Å². The van der Waals surface area contributed by atoms with E-state index in [1.165, 1.54) is 0 Å². The van der Waals surface area contributed by atoms with E-state index in [0.29, 0.717) is 10.6 Å². The zero-order valence-electron chi connectivity index (χ0n) is 10.9. The summed E-state index contributed by atoms with van der Waals surface area (Å²) in [5, 5.41) is 13.4. The third kappa shape index (κ3) is 2.76. The zero-order chi connectivity index (χ0) is 15.0. The van der Waals surface area contributed by atoms with Gasteiger partial charge >= 0.3 is 0 Å². The summed E-state index contributed by atoms with van der Waals surface area (Å²) >= 11 is 13.2. The summed E-state index contributed by atoms with van der Waals surface area (Å²) < 4.78 is 1.79. The molecule has 0 fully saturated rings. The van der Waals surface area contributed by atoms with E-state index in [9.17, 15) is 5.11 Å². The van der Waals surface area contributed by atoms with Gasteiger partial charge in [0.2, 0.25) is 0 Å². The van der Waals surface area contributed by atoms with Crippen LogP contribution < -0.4 is 0 Å². The lowest BCUT2D eigenvalue weighted by molar-refractivity contribution is 0.222. The predicted octanol–water partition coefficient (Wildman–Crippen LogP) is 6.10. The first-order chi connectivity index (χ1) is 10.1. The number of aliphatic hydroxyl groups is 1. The van der Waals surface area contributed by atoms with Crippen molar-refractivity contribution in [3.63, 3.8) is 0 Å². The van der Waals surface area contributed by atoms with Crippen molar-refractivity contribution in [3.8, 4) is 0 Å². The van der Waals surface area contributed by atoms with Gasteiger partial charge in [-0.1, -0.05) is 70.0 Å². The highest BCUT2D eigenvalue weighted by molar-refractivity contribution is 9.11. The maximum atomic E-state index is 10.8. The monoisotopic (exact) mass is 424 g/mol. The van der Waals surface area contributed by atoms with E-state index in [1.54, 1.807) is 0 Å². The molecule has 0 aliphatic rings. The van der Waals surface area contributed by atoms with Crippen molar-refractivity contribution < 1.29 is 5.11 Å². The number of fused-ring (bicyclic) bond motifs is 1. The van der Waals surface area contributed by atoms with Gasteiger partial charge in [-0.25, -0.2) is 0 Å². The molecule has 0 aliphatic heterocycles. The molecule has 3 rings (SSSR count). The minimum absolute atomic E-state index is 0.539. The van der Waals surface area contributed by atoms with Gasteiger partial charge in [-0.05, 0) is 44.4 Å². The first-order valence-electron chi connectivity index (χ1n) is 6.38. The molecular weight excluding hydrogens is 415 g/mol. The zero-order valence-corrected chi connectivity index (χ0v) is 14.8. The summed E-state index contributed by atoms with van der Waals surface area (Å²) in [6.45, 7) is 0. The highest BCUT2D eigenvalue weighted by Crippen LogP contribution is 2.37. The summed E-state index contributed by atoms with van der Waals surface area (Å²) in [5.74, 6) is 0. The van der Waals surface area contributed by atoms with Gasteiger partial charge in [-0.15, -0.1) is 0 Å². The molecule has 0 heterocycles. The third-order valence-corrected chi connectivity index (χ3v) is 5.48. The molecule has 3 aromatic rings. The molecular formula is C17H11Br2ClO. The number of rotatable bonds is 2. The molecule has 3 aromatic carbocycles. The molecule has 106 valence electrons. The van der Waals surface area contributed by atoms with Crippen molar-refractivity contribution in [3.05, 3.63) is 79.7 Å². The number of hydrogen-bond acceptors (Lipinski definition) is 1. The van der Waals surface area contributed by atoms with Crippen LogP contribution in [0.15, 0.2) is 63.5 Å².